The zero-order valence-corrected chi connectivity index (χ0v) is 12.4. The molecule has 2 unspecified atom stereocenters. The van der Waals surface area contributed by atoms with E-state index < -0.39 is 6.04 Å². The van der Waals surface area contributed by atoms with Crippen molar-refractivity contribution in [2.45, 2.75) is 46.7 Å². The van der Waals surface area contributed by atoms with Crippen molar-refractivity contribution in [3.05, 3.63) is 17.3 Å². The van der Waals surface area contributed by atoms with E-state index in [0.29, 0.717) is 5.89 Å². The molecule has 1 saturated heterocycles. The Morgan fingerprint density at radius 1 is 1.45 bits per heavy atom. The highest BCUT2D eigenvalue weighted by atomic mass is 16.4. The van der Waals surface area contributed by atoms with Gasteiger partial charge in [-0.3, -0.25) is 9.59 Å². The van der Waals surface area contributed by atoms with E-state index in [1.807, 2.05) is 27.7 Å². The smallest absolute Gasteiger partial charge is 0.246 e. The summed E-state index contributed by atoms with van der Waals surface area (Å²) in [4.78, 5) is 29.9. The SMILES string of the molecule is CCC(C)C1NC(=O)CN(Cc2nc(C)c(C)o2)C1=O. The highest BCUT2D eigenvalue weighted by Crippen LogP contribution is 2.17. The Morgan fingerprint density at radius 2 is 2.15 bits per heavy atom. The van der Waals surface area contributed by atoms with E-state index in [9.17, 15) is 9.59 Å². The molecule has 1 aliphatic rings. The summed E-state index contributed by atoms with van der Waals surface area (Å²) in [5.41, 5.74) is 0.812. The van der Waals surface area contributed by atoms with E-state index in [1.165, 1.54) is 4.90 Å². The first-order chi connectivity index (χ1) is 9.42. The van der Waals surface area contributed by atoms with Crippen LogP contribution in [0.1, 0.15) is 37.6 Å². The molecular weight excluding hydrogens is 258 g/mol. The minimum Gasteiger partial charge on any atom is -0.444 e. The zero-order chi connectivity index (χ0) is 14.9. The van der Waals surface area contributed by atoms with Gasteiger partial charge < -0.3 is 14.6 Å². The number of hydrogen-bond acceptors (Lipinski definition) is 4. The molecule has 0 bridgehead atoms. The van der Waals surface area contributed by atoms with E-state index in [-0.39, 0.29) is 30.8 Å². The van der Waals surface area contributed by atoms with Gasteiger partial charge in [0.2, 0.25) is 17.7 Å². The number of nitrogens with one attached hydrogen (secondary N) is 1. The summed E-state index contributed by atoms with van der Waals surface area (Å²) in [6.07, 6.45) is 0.835. The van der Waals surface area contributed by atoms with Crippen molar-refractivity contribution in [2.24, 2.45) is 5.92 Å². The molecule has 0 saturated carbocycles. The van der Waals surface area contributed by atoms with Crippen LogP contribution in [0.4, 0.5) is 0 Å². The van der Waals surface area contributed by atoms with Crippen LogP contribution in [0.15, 0.2) is 4.42 Å². The Balaban J connectivity index is 2.13. The van der Waals surface area contributed by atoms with Crippen LogP contribution in [0.3, 0.4) is 0 Å². The molecule has 0 aliphatic carbocycles. The number of aromatic nitrogens is 1. The Bertz CT molecular complexity index is 504. The fourth-order valence-electron chi connectivity index (χ4n) is 2.25. The Morgan fingerprint density at radius 3 is 2.70 bits per heavy atom. The van der Waals surface area contributed by atoms with Crippen molar-refractivity contribution in [3.8, 4) is 0 Å². The topological polar surface area (TPSA) is 75.4 Å². The molecule has 0 aromatic carbocycles. The van der Waals surface area contributed by atoms with Gasteiger partial charge in [-0.05, 0) is 19.8 Å². The molecule has 6 nitrogen and oxygen atoms in total. The number of carbonyl (C=O) groups excluding carboxylic acids is 2. The molecule has 1 aromatic heterocycles. The number of amides is 2. The third-order valence-electron chi connectivity index (χ3n) is 3.84. The molecule has 2 heterocycles. The molecule has 0 radical (unpaired) electrons. The van der Waals surface area contributed by atoms with Crippen LogP contribution in [-0.2, 0) is 16.1 Å². The average molecular weight is 279 g/mol. The number of nitrogens with zero attached hydrogens (tertiary/aromatic N) is 2. The average Bonchev–Trinajstić information content (AvgIpc) is 2.71. The lowest BCUT2D eigenvalue weighted by Crippen LogP contribution is -2.59. The van der Waals surface area contributed by atoms with Gasteiger partial charge in [0.05, 0.1) is 12.2 Å². The predicted octanol–water partition coefficient (Wildman–Crippen LogP) is 1.16. The largest absolute Gasteiger partial charge is 0.444 e. The van der Waals surface area contributed by atoms with Crippen LogP contribution in [0.5, 0.6) is 0 Å². The number of hydrogen-bond donors (Lipinski definition) is 1. The van der Waals surface area contributed by atoms with Gasteiger partial charge in [0.1, 0.15) is 18.3 Å². The Hall–Kier alpha value is -1.85. The minimum absolute atomic E-state index is 0.0617. The number of carbonyl (C=O) groups is 2. The van der Waals surface area contributed by atoms with Crippen LogP contribution in [0.25, 0.3) is 0 Å². The molecule has 6 heteroatoms. The van der Waals surface area contributed by atoms with Gasteiger partial charge in [-0.25, -0.2) is 4.98 Å². The highest BCUT2D eigenvalue weighted by Gasteiger charge is 2.36. The molecular formula is C14H21N3O3. The lowest BCUT2D eigenvalue weighted by Gasteiger charge is -2.34. The third kappa shape index (κ3) is 2.84. The number of oxazole rings is 1. The molecule has 0 spiro atoms. The fraction of sp³-hybridized carbons (Fsp3) is 0.643. The Kier molecular flexibility index (Phi) is 4.11. The van der Waals surface area contributed by atoms with Crippen LogP contribution in [-0.4, -0.2) is 34.3 Å². The van der Waals surface area contributed by atoms with Crippen molar-refractivity contribution in [1.82, 2.24) is 15.2 Å². The molecule has 20 heavy (non-hydrogen) atoms. The number of piperazine rings is 1. The van der Waals surface area contributed by atoms with Gasteiger partial charge >= 0.3 is 0 Å². The zero-order valence-electron chi connectivity index (χ0n) is 12.4. The second kappa shape index (κ2) is 5.64. The normalized spacial score (nSPS) is 21.0. The summed E-state index contributed by atoms with van der Waals surface area (Å²) in [5.74, 6) is 1.14. The van der Waals surface area contributed by atoms with E-state index in [0.717, 1.165) is 17.9 Å². The minimum atomic E-state index is -0.446. The van der Waals surface area contributed by atoms with Gasteiger partial charge in [0, 0.05) is 0 Å². The molecule has 1 N–H and O–H groups in total. The molecule has 2 rings (SSSR count). The summed E-state index contributed by atoms with van der Waals surface area (Å²) in [5, 5.41) is 2.77. The van der Waals surface area contributed by atoms with Crippen molar-refractivity contribution in [3.63, 3.8) is 0 Å². The maximum atomic E-state index is 12.4. The van der Waals surface area contributed by atoms with E-state index in [2.05, 4.69) is 10.3 Å². The summed E-state index contributed by atoms with van der Waals surface area (Å²) in [6, 6.07) is -0.446. The lowest BCUT2D eigenvalue weighted by atomic mass is 9.96. The van der Waals surface area contributed by atoms with Gasteiger partial charge in [0.25, 0.3) is 0 Å². The standard InChI is InChI=1S/C14H21N3O3/c1-5-8(2)13-14(19)17(6-11(18)16-13)7-12-15-9(3)10(4)20-12/h8,13H,5-7H2,1-4H3,(H,16,18). The third-order valence-corrected chi connectivity index (χ3v) is 3.84. The molecule has 1 aromatic rings. The maximum absolute atomic E-state index is 12.4. The molecule has 2 amide bonds. The van der Waals surface area contributed by atoms with Gasteiger partial charge in [-0.1, -0.05) is 20.3 Å². The van der Waals surface area contributed by atoms with Crippen LogP contribution < -0.4 is 5.32 Å². The molecule has 1 aliphatic heterocycles. The lowest BCUT2D eigenvalue weighted by molar-refractivity contribution is -0.146. The van der Waals surface area contributed by atoms with Crippen LogP contribution in [0, 0.1) is 19.8 Å². The van der Waals surface area contributed by atoms with Crippen molar-refractivity contribution >= 4 is 11.8 Å². The van der Waals surface area contributed by atoms with Crippen molar-refractivity contribution in [1.29, 1.82) is 0 Å². The fourth-order valence-corrected chi connectivity index (χ4v) is 2.25. The Labute approximate surface area is 118 Å². The first-order valence-corrected chi connectivity index (χ1v) is 6.93. The van der Waals surface area contributed by atoms with Crippen LogP contribution in [0.2, 0.25) is 0 Å². The number of rotatable bonds is 4. The predicted molar refractivity (Wildman–Crippen MR) is 72.8 cm³/mol. The van der Waals surface area contributed by atoms with E-state index in [1.54, 1.807) is 0 Å². The summed E-state index contributed by atoms with van der Waals surface area (Å²) >= 11 is 0. The van der Waals surface area contributed by atoms with Gasteiger partial charge in [-0.2, -0.15) is 0 Å². The summed E-state index contributed by atoms with van der Waals surface area (Å²) < 4.78 is 5.49. The summed E-state index contributed by atoms with van der Waals surface area (Å²) in [7, 11) is 0. The van der Waals surface area contributed by atoms with Crippen molar-refractivity contribution < 1.29 is 14.0 Å². The van der Waals surface area contributed by atoms with Crippen LogP contribution >= 0.6 is 0 Å². The second-order valence-corrected chi connectivity index (χ2v) is 5.37. The summed E-state index contributed by atoms with van der Waals surface area (Å²) in [6.45, 7) is 7.96. The van der Waals surface area contributed by atoms with Gasteiger partial charge in [0.15, 0.2) is 0 Å². The number of aryl methyl sites for hydroxylation is 2. The van der Waals surface area contributed by atoms with Crippen molar-refractivity contribution in [2.75, 3.05) is 6.54 Å². The molecule has 110 valence electrons. The molecule has 2 atom stereocenters. The van der Waals surface area contributed by atoms with E-state index >= 15 is 0 Å². The highest BCUT2D eigenvalue weighted by molar-refractivity contribution is 5.94. The maximum Gasteiger partial charge on any atom is 0.246 e. The quantitative estimate of drug-likeness (QED) is 0.897. The van der Waals surface area contributed by atoms with Gasteiger partial charge in [-0.15, -0.1) is 0 Å². The second-order valence-electron chi connectivity index (χ2n) is 5.37. The monoisotopic (exact) mass is 279 g/mol. The first kappa shape index (κ1) is 14.6. The van der Waals surface area contributed by atoms with E-state index in [4.69, 9.17) is 4.42 Å². The first-order valence-electron chi connectivity index (χ1n) is 6.93. The molecule has 1 fully saturated rings.